The highest BCUT2D eigenvalue weighted by molar-refractivity contribution is 6.06. The van der Waals surface area contributed by atoms with Crippen LogP contribution in [-0.2, 0) is 4.79 Å². The highest BCUT2D eigenvalue weighted by Crippen LogP contribution is 2.23. The number of carbonyl (C=O) groups excluding carboxylic acids is 2. The molecule has 6 nitrogen and oxygen atoms in total. The molecule has 0 aliphatic carbocycles. The number of nitrogens with one attached hydrogen (secondary N) is 1. The highest BCUT2D eigenvalue weighted by atomic mass is 16.2. The van der Waals surface area contributed by atoms with E-state index in [1.54, 1.807) is 41.8 Å². The molecule has 2 aromatic rings. The van der Waals surface area contributed by atoms with Crippen LogP contribution >= 0.6 is 0 Å². The number of imide groups is 1. The minimum Gasteiger partial charge on any atom is -0.313 e. The first-order valence-corrected chi connectivity index (χ1v) is 7.46. The van der Waals surface area contributed by atoms with Crippen molar-refractivity contribution in [3.63, 3.8) is 0 Å². The fourth-order valence-electron chi connectivity index (χ4n) is 2.68. The van der Waals surface area contributed by atoms with Crippen molar-refractivity contribution in [2.24, 2.45) is 0 Å². The fraction of sp³-hybridized carbons (Fsp3) is 0.235. The third-order valence-corrected chi connectivity index (χ3v) is 3.82. The van der Waals surface area contributed by atoms with E-state index in [-0.39, 0.29) is 12.1 Å². The van der Waals surface area contributed by atoms with Gasteiger partial charge in [0.25, 0.3) is 0 Å². The Morgan fingerprint density at radius 3 is 2.70 bits per heavy atom. The van der Waals surface area contributed by atoms with Crippen LogP contribution in [0.5, 0.6) is 0 Å². The number of anilines is 1. The SMILES string of the molecule is O=[C]N(C(=O)N1CCNCC1c1ccccn1)c1ccccc1. The number of hydrogen-bond donors (Lipinski definition) is 1. The summed E-state index contributed by atoms with van der Waals surface area (Å²) in [5.41, 5.74) is 1.30. The topological polar surface area (TPSA) is 65.5 Å². The van der Waals surface area contributed by atoms with Crippen molar-refractivity contribution in [2.75, 3.05) is 24.5 Å². The second-order valence-electron chi connectivity index (χ2n) is 5.21. The van der Waals surface area contributed by atoms with Gasteiger partial charge in [-0.1, -0.05) is 24.3 Å². The van der Waals surface area contributed by atoms with Crippen LogP contribution in [0.15, 0.2) is 54.7 Å². The molecule has 1 aliphatic rings. The maximum absolute atomic E-state index is 12.8. The summed E-state index contributed by atoms with van der Waals surface area (Å²) < 4.78 is 0. The number of pyridine rings is 1. The molecule has 0 spiro atoms. The number of hydrogen-bond acceptors (Lipinski definition) is 4. The van der Waals surface area contributed by atoms with Gasteiger partial charge in [-0.25, -0.2) is 9.69 Å². The predicted octanol–water partition coefficient (Wildman–Crippen LogP) is 1.72. The summed E-state index contributed by atoms with van der Waals surface area (Å²) in [5.74, 6) is 0. The Balaban J connectivity index is 1.88. The first-order valence-electron chi connectivity index (χ1n) is 7.46. The van der Waals surface area contributed by atoms with Gasteiger partial charge in [-0.15, -0.1) is 0 Å². The van der Waals surface area contributed by atoms with Crippen molar-refractivity contribution in [1.29, 1.82) is 0 Å². The van der Waals surface area contributed by atoms with Gasteiger partial charge in [-0.2, -0.15) is 0 Å². The second-order valence-corrected chi connectivity index (χ2v) is 5.21. The standard InChI is InChI=1S/C17H17N4O2/c22-13-21(14-6-2-1-3-7-14)17(23)20-11-10-18-12-16(20)15-8-4-5-9-19-15/h1-9,16,18H,10-12H2. The Labute approximate surface area is 134 Å². The number of piperazine rings is 1. The van der Waals surface area contributed by atoms with Gasteiger partial charge in [0.2, 0.25) is 0 Å². The average molecular weight is 309 g/mol. The van der Waals surface area contributed by atoms with E-state index in [4.69, 9.17) is 0 Å². The third-order valence-electron chi connectivity index (χ3n) is 3.82. The van der Waals surface area contributed by atoms with Crippen LogP contribution in [0.4, 0.5) is 10.5 Å². The quantitative estimate of drug-likeness (QED) is 0.877. The Hall–Kier alpha value is -2.73. The molecule has 1 atom stereocenters. The molecule has 1 aromatic heterocycles. The molecule has 0 bridgehead atoms. The number of amides is 3. The summed E-state index contributed by atoms with van der Waals surface area (Å²) in [6, 6.07) is 13.8. The second kappa shape index (κ2) is 7.02. The zero-order valence-corrected chi connectivity index (χ0v) is 12.6. The number of urea groups is 1. The van der Waals surface area contributed by atoms with E-state index in [0.29, 0.717) is 25.3 Å². The lowest BCUT2D eigenvalue weighted by Gasteiger charge is -2.37. The number of nitrogens with zero attached hydrogens (tertiary/aromatic N) is 3. The first kappa shape index (κ1) is 15.2. The number of para-hydroxylation sites is 1. The molecule has 1 N–H and O–H groups in total. The molecule has 1 aromatic carbocycles. The van der Waals surface area contributed by atoms with Crippen molar-refractivity contribution in [3.05, 3.63) is 60.4 Å². The monoisotopic (exact) mass is 309 g/mol. The molecule has 1 saturated heterocycles. The van der Waals surface area contributed by atoms with Crippen LogP contribution in [0.3, 0.4) is 0 Å². The van der Waals surface area contributed by atoms with Gasteiger partial charge in [-0.3, -0.25) is 9.78 Å². The van der Waals surface area contributed by atoms with Gasteiger partial charge in [0.05, 0.1) is 17.4 Å². The third kappa shape index (κ3) is 3.22. The maximum Gasteiger partial charge on any atom is 0.332 e. The van der Waals surface area contributed by atoms with Crippen LogP contribution in [0.25, 0.3) is 0 Å². The first-order chi connectivity index (χ1) is 11.3. The smallest absolute Gasteiger partial charge is 0.313 e. The van der Waals surface area contributed by atoms with Crippen LogP contribution in [0, 0.1) is 0 Å². The molecule has 1 aliphatic heterocycles. The average Bonchev–Trinajstić information content (AvgIpc) is 2.64. The normalized spacial score (nSPS) is 17.6. The zero-order chi connectivity index (χ0) is 16.1. The predicted molar refractivity (Wildman–Crippen MR) is 86.6 cm³/mol. The highest BCUT2D eigenvalue weighted by Gasteiger charge is 2.32. The molecular formula is C17H17N4O2. The fourth-order valence-corrected chi connectivity index (χ4v) is 2.68. The van der Waals surface area contributed by atoms with Crippen molar-refractivity contribution in [3.8, 4) is 0 Å². The Morgan fingerprint density at radius 2 is 2.00 bits per heavy atom. The summed E-state index contributed by atoms with van der Waals surface area (Å²) >= 11 is 0. The lowest BCUT2D eigenvalue weighted by Crippen LogP contribution is -2.53. The molecule has 1 unspecified atom stereocenters. The van der Waals surface area contributed by atoms with Gasteiger partial charge in [0, 0.05) is 25.8 Å². The lowest BCUT2D eigenvalue weighted by atomic mass is 10.1. The lowest BCUT2D eigenvalue weighted by molar-refractivity contribution is 0.165. The van der Waals surface area contributed by atoms with Crippen LogP contribution < -0.4 is 10.2 Å². The van der Waals surface area contributed by atoms with Crippen molar-refractivity contribution in [2.45, 2.75) is 6.04 Å². The van der Waals surface area contributed by atoms with E-state index >= 15 is 0 Å². The molecule has 2 heterocycles. The summed E-state index contributed by atoms with van der Waals surface area (Å²) in [4.78, 5) is 31.2. The Morgan fingerprint density at radius 1 is 1.22 bits per heavy atom. The van der Waals surface area contributed by atoms with Gasteiger partial charge >= 0.3 is 12.4 Å². The molecule has 1 radical (unpaired) electrons. The molecular weight excluding hydrogens is 292 g/mol. The summed E-state index contributed by atoms with van der Waals surface area (Å²) in [5, 5.41) is 3.26. The molecule has 3 rings (SSSR count). The van der Waals surface area contributed by atoms with E-state index in [2.05, 4.69) is 10.3 Å². The number of benzene rings is 1. The van der Waals surface area contributed by atoms with Crippen LogP contribution in [-0.4, -0.2) is 42.0 Å². The van der Waals surface area contributed by atoms with Gasteiger partial charge in [0.15, 0.2) is 0 Å². The molecule has 0 saturated carbocycles. The van der Waals surface area contributed by atoms with Crippen LogP contribution in [0.2, 0.25) is 0 Å². The van der Waals surface area contributed by atoms with E-state index in [1.807, 2.05) is 24.3 Å². The number of rotatable bonds is 3. The van der Waals surface area contributed by atoms with Gasteiger partial charge in [-0.05, 0) is 24.3 Å². The molecule has 3 amide bonds. The van der Waals surface area contributed by atoms with Crippen molar-refractivity contribution >= 4 is 18.1 Å². The number of aromatic nitrogens is 1. The van der Waals surface area contributed by atoms with Crippen molar-refractivity contribution < 1.29 is 9.59 Å². The molecule has 1 fully saturated rings. The van der Waals surface area contributed by atoms with Gasteiger partial charge < -0.3 is 10.2 Å². The maximum atomic E-state index is 12.8. The van der Waals surface area contributed by atoms with E-state index < -0.39 is 0 Å². The molecule has 6 heteroatoms. The molecule has 23 heavy (non-hydrogen) atoms. The van der Waals surface area contributed by atoms with E-state index in [9.17, 15) is 9.59 Å². The Bertz CT molecular complexity index is 663. The van der Waals surface area contributed by atoms with Crippen LogP contribution in [0.1, 0.15) is 11.7 Å². The number of carbonyl (C=O) groups is 1. The summed E-state index contributed by atoms with van der Waals surface area (Å²) in [7, 11) is 0. The minimum atomic E-state index is -0.386. The molecule has 117 valence electrons. The minimum absolute atomic E-state index is 0.211. The van der Waals surface area contributed by atoms with E-state index in [0.717, 1.165) is 10.6 Å². The zero-order valence-electron chi connectivity index (χ0n) is 12.6. The summed E-state index contributed by atoms with van der Waals surface area (Å²) in [6.45, 7) is 1.78. The van der Waals surface area contributed by atoms with E-state index in [1.165, 1.54) is 0 Å². The van der Waals surface area contributed by atoms with Gasteiger partial charge in [0.1, 0.15) is 0 Å². The van der Waals surface area contributed by atoms with Crippen molar-refractivity contribution in [1.82, 2.24) is 15.2 Å². The Kier molecular flexibility index (Phi) is 4.63. The largest absolute Gasteiger partial charge is 0.332 e. The summed E-state index contributed by atoms with van der Waals surface area (Å²) in [6.07, 6.45) is 3.44.